The van der Waals surface area contributed by atoms with Crippen molar-refractivity contribution in [1.82, 2.24) is 10.3 Å². The molecule has 2 aromatic rings. The molecular formula is C12H13ClN2OS. The van der Waals surface area contributed by atoms with Gasteiger partial charge in [-0.25, -0.2) is 4.98 Å². The molecule has 0 saturated carbocycles. The fourth-order valence-corrected chi connectivity index (χ4v) is 2.34. The summed E-state index contributed by atoms with van der Waals surface area (Å²) in [5, 5.41) is 16.1. The summed E-state index contributed by atoms with van der Waals surface area (Å²) in [6.07, 6.45) is 1.80. The molecule has 1 aromatic heterocycles. The van der Waals surface area contributed by atoms with Gasteiger partial charge in [-0.15, -0.1) is 11.3 Å². The highest BCUT2D eigenvalue weighted by Gasteiger charge is 2.07. The average molecular weight is 269 g/mol. The van der Waals surface area contributed by atoms with Gasteiger partial charge >= 0.3 is 0 Å². The summed E-state index contributed by atoms with van der Waals surface area (Å²) >= 11 is 7.47. The van der Waals surface area contributed by atoms with Gasteiger partial charge in [0, 0.05) is 18.1 Å². The smallest absolute Gasteiger partial charge is 0.134 e. The monoisotopic (exact) mass is 268 g/mol. The minimum Gasteiger partial charge on any atom is -0.506 e. The Kier molecular flexibility index (Phi) is 3.99. The number of thiazole rings is 1. The number of nitrogens with one attached hydrogen (secondary N) is 1. The molecule has 0 spiro atoms. The van der Waals surface area contributed by atoms with Gasteiger partial charge in [0.05, 0.1) is 11.1 Å². The molecule has 0 bridgehead atoms. The van der Waals surface area contributed by atoms with Gasteiger partial charge in [0.1, 0.15) is 10.8 Å². The number of benzene rings is 1. The number of hydrogen-bond acceptors (Lipinski definition) is 4. The van der Waals surface area contributed by atoms with E-state index in [4.69, 9.17) is 11.6 Å². The van der Waals surface area contributed by atoms with Crippen LogP contribution in [0.25, 0.3) is 0 Å². The first-order valence-electron chi connectivity index (χ1n) is 5.27. The van der Waals surface area contributed by atoms with Crippen molar-refractivity contribution < 1.29 is 5.11 Å². The van der Waals surface area contributed by atoms with Crippen LogP contribution in [0.4, 0.5) is 0 Å². The molecule has 0 aliphatic rings. The Balaban J connectivity index is 1.96. The molecule has 0 radical (unpaired) electrons. The standard InChI is InChI=1S/C12H13ClN2OS/c1-8(12-14-4-5-17-12)15-7-9-2-3-11(16)10(13)6-9/h2-6,8,15-16H,7H2,1H3. The molecule has 1 unspecified atom stereocenters. The maximum absolute atomic E-state index is 9.31. The summed E-state index contributed by atoms with van der Waals surface area (Å²) in [4.78, 5) is 4.25. The molecule has 1 heterocycles. The van der Waals surface area contributed by atoms with Crippen molar-refractivity contribution >= 4 is 22.9 Å². The predicted octanol–water partition coefficient (Wildman–Crippen LogP) is 3.35. The van der Waals surface area contributed by atoms with Gasteiger partial charge in [0.2, 0.25) is 0 Å². The number of nitrogens with zero attached hydrogens (tertiary/aromatic N) is 1. The first-order chi connectivity index (χ1) is 8.16. The summed E-state index contributed by atoms with van der Waals surface area (Å²) in [5.74, 6) is 0.114. The number of aromatic hydroxyl groups is 1. The van der Waals surface area contributed by atoms with E-state index < -0.39 is 0 Å². The first-order valence-corrected chi connectivity index (χ1v) is 6.53. The lowest BCUT2D eigenvalue weighted by Gasteiger charge is -2.11. The average Bonchev–Trinajstić information content (AvgIpc) is 2.84. The fraction of sp³-hybridized carbons (Fsp3) is 0.250. The lowest BCUT2D eigenvalue weighted by molar-refractivity contribution is 0.475. The zero-order valence-electron chi connectivity index (χ0n) is 9.35. The Morgan fingerprint density at radius 1 is 1.53 bits per heavy atom. The van der Waals surface area contributed by atoms with Crippen LogP contribution in [0.5, 0.6) is 5.75 Å². The minimum absolute atomic E-state index is 0.114. The van der Waals surface area contributed by atoms with Crippen molar-refractivity contribution in [2.45, 2.75) is 19.5 Å². The highest BCUT2D eigenvalue weighted by Crippen LogP contribution is 2.24. The van der Waals surface area contributed by atoms with Gasteiger partial charge in [0.15, 0.2) is 0 Å². The van der Waals surface area contributed by atoms with Crippen molar-refractivity contribution in [2.75, 3.05) is 0 Å². The summed E-state index contributed by atoms with van der Waals surface area (Å²) < 4.78 is 0. The third-order valence-corrected chi connectivity index (χ3v) is 3.71. The van der Waals surface area contributed by atoms with Gasteiger partial charge < -0.3 is 10.4 Å². The van der Waals surface area contributed by atoms with E-state index in [1.165, 1.54) is 0 Å². The molecule has 0 aliphatic heterocycles. The van der Waals surface area contributed by atoms with Crippen molar-refractivity contribution in [1.29, 1.82) is 0 Å². The Morgan fingerprint density at radius 3 is 3.00 bits per heavy atom. The number of hydrogen-bond donors (Lipinski definition) is 2. The van der Waals surface area contributed by atoms with E-state index in [1.54, 1.807) is 29.7 Å². The Bertz CT molecular complexity index is 487. The quantitative estimate of drug-likeness (QED) is 0.894. The van der Waals surface area contributed by atoms with Crippen molar-refractivity contribution in [3.8, 4) is 5.75 Å². The van der Waals surface area contributed by atoms with E-state index in [0.717, 1.165) is 10.6 Å². The Labute approximate surface area is 109 Å². The maximum atomic E-state index is 9.31. The van der Waals surface area contributed by atoms with E-state index in [-0.39, 0.29) is 11.8 Å². The highest BCUT2D eigenvalue weighted by atomic mass is 35.5. The molecule has 0 aliphatic carbocycles. The molecule has 0 fully saturated rings. The van der Waals surface area contributed by atoms with E-state index >= 15 is 0 Å². The molecule has 2 N–H and O–H groups in total. The maximum Gasteiger partial charge on any atom is 0.134 e. The lowest BCUT2D eigenvalue weighted by atomic mass is 10.2. The van der Waals surface area contributed by atoms with Gasteiger partial charge in [0.25, 0.3) is 0 Å². The van der Waals surface area contributed by atoms with Crippen LogP contribution in [-0.2, 0) is 6.54 Å². The van der Waals surface area contributed by atoms with Crippen LogP contribution in [0.1, 0.15) is 23.5 Å². The zero-order valence-corrected chi connectivity index (χ0v) is 10.9. The summed E-state index contributed by atoms with van der Waals surface area (Å²) in [7, 11) is 0. The van der Waals surface area contributed by atoms with Crippen LogP contribution < -0.4 is 5.32 Å². The normalized spacial score (nSPS) is 12.6. The van der Waals surface area contributed by atoms with Crippen LogP contribution in [0, 0.1) is 0 Å². The van der Waals surface area contributed by atoms with E-state index in [2.05, 4.69) is 17.2 Å². The highest BCUT2D eigenvalue weighted by molar-refractivity contribution is 7.09. The molecule has 5 heteroatoms. The molecule has 0 amide bonds. The lowest BCUT2D eigenvalue weighted by Crippen LogP contribution is -2.17. The van der Waals surface area contributed by atoms with Crippen molar-refractivity contribution in [3.05, 3.63) is 45.4 Å². The molecule has 17 heavy (non-hydrogen) atoms. The van der Waals surface area contributed by atoms with E-state index in [9.17, 15) is 5.11 Å². The summed E-state index contributed by atoms with van der Waals surface area (Å²) in [6.45, 7) is 2.77. The number of halogens is 1. The van der Waals surface area contributed by atoms with Gasteiger partial charge in [-0.2, -0.15) is 0 Å². The number of aromatic nitrogens is 1. The van der Waals surface area contributed by atoms with Crippen molar-refractivity contribution in [2.24, 2.45) is 0 Å². The van der Waals surface area contributed by atoms with Crippen LogP contribution >= 0.6 is 22.9 Å². The van der Waals surface area contributed by atoms with Crippen LogP contribution in [0.3, 0.4) is 0 Å². The predicted molar refractivity (Wildman–Crippen MR) is 70.5 cm³/mol. The first kappa shape index (κ1) is 12.4. The summed E-state index contributed by atoms with van der Waals surface area (Å²) in [6, 6.07) is 5.43. The van der Waals surface area contributed by atoms with Gasteiger partial charge in [-0.05, 0) is 24.6 Å². The second-order valence-electron chi connectivity index (χ2n) is 3.76. The minimum atomic E-state index is 0.114. The third kappa shape index (κ3) is 3.19. The van der Waals surface area contributed by atoms with E-state index in [0.29, 0.717) is 11.6 Å². The van der Waals surface area contributed by atoms with Gasteiger partial charge in [-0.3, -0.25) is 0 Å². The zero-order chi connectivity index (χ0) is 12.3. The molecule has 1 atom stereocenters. The number of rotatable bonds is 4. The fourth-order valence-electron chi connectivity index (χ4n) is 1.47. The number of phenolic OH excluding ortho intramolecular Hbond substituents is 1. The number of phenols is 1. The second-order valence-corrected chi connectivity index (χ2v) is 5.09. The topological polar surface area (TPSA) is 45.1 Å². The van der Waals surface area contributed by atoms with Crippen LogP contribution in [0.15, 0.2) is 29.8 Å². The molecule has 90 valence electrons. The summed E-state index contributed by atoms with van der Waals surface area (Å²) in [5.41, 5.74) is 1.04. The Morgan fingerprint density at radius 2 is 2.35 bits per heavy atom. The van der Waals surface area contributed by atoms with Crippen LogP contribution in [0.2, 0.25) is 5.02 Å². The molecule has 2 rings (SSSR count). The molecule has 1 aromatic carbocycles. The van der Waals surface area contributed by atoms with E-state index in [1.807, 2.05) is 11.4 Å². The molecule has 3 nitrogen and oxygen atoms in total. The molecule has 0 saturated heterocycles. The largest absolute Gasteiger partial charge is 0.506 e. The Hall–Kier alpha value is -1.10. The SMILES string of the molecule is CC(NCc1ccc(O)c(Cl)c1)c1nccs1. The van der Waals surface area contributed by atoms with Gasteiger partial charge in [-0.1, -0.05) is 17.7 Å². The second kappa shape index (κ2) is 5.49. The third-order valence-electron chi connectivity index (χ3n) is 2.45. The van der Waals surface area contributed by atoms with Crippen molar-refractivity contribution in [3.63, 3.8) is 0 Å². The molecular weight excluding hydrogens is 256 g/mol. The van der Waals surface area contributed by atoms with Crippen LogP contribution in [-0.4, -0.2) is 10.1 Å².